The van der Waals surface area contributed by atoms with Gasteiger partial charge >= 0.3 is 11.9 Å². The summed E-state index contributed by atoms with van der Waals surface area (Å²) in [5.74, 6) is -1.15. The maximum atomic E-state index is 12.1. The summed E-state index contributed by atoms with van der Waals surface area (Å²) in [5, 5.41) is 12.2. The van der Waals surface area contributed by atoms with Crippen LogP contribution in [-0.2, 0) is 14.3 Å². The van der Waals surface area contributed by atoms with Gasteiger partial charge in [-0.1, -0.05) is 83.8 Å². The van der Waals surface area contributed by atoms with Gasteiger partial charge in [-0.3, -0.25) is 9.59 Å². The first-order chi connectivity index (χ1) is 16.8. The number of hydrogen-bond acceptors (Lipinski definition) is 4. The first kappa shape index (κ1) is 33.6. The minimum Gasteiger partial charge on any atom is -0.481 e. The maximum Gasteiger partial charge on any atom is 0.310 e. The Bertz CT molecular complexity index is 549. The van der Waals surface area contributed by atoms with E-state index in [2.05, 4.69) is 24.4 Å². The molecule has 1 unspecified atom stereocenters. The van der Waals surface area contributed by atoms with Crippen LogP contribution in [0.15, 0.2) is 12.2 Å². The number of carbonyl (C=O) groups is 2. The molecular weight excluding hydrogens is 440 g/mol. The predicted octanol–water partition coefficient (Wildman–Crippen LogP) is 6.34. The number of hydrogen-bond donors (Lipinski definition) is 2. The fraction of sp³-hybridized carbons (Fsp3) is 0.862. The van der Waals surface area contributed by atoms with Crippen molar-refractivity contribution in [2.24, 2.45) is 5.92 Å². The number of rotatable bonds is 25. The van der Waals surface area contributed by atoms with E-state index >= 15 is 0 Å². The molecule has 6 heteroatoms. The van der Waals surface area contributed by atoms with Crippen molar-refractivity contribution in [1.29, 1.82) is 0 Å². The molecule has 0 heterocycles. The number of allylic oxidation sites excluding steroid dienone is 2. The lowest BCUT2D eigenvalue weighted by Crippen LogP contribution is -2.44. The molecule has 0 saturated carbocycles. The molecular formula is C29H57N2O4+. The number of likely N-dealkylation sites (N-methyl/N-ethyl adjacent to an activating group) is 1. The van der Waals surface area contributed by atoms with Crippen molar-refractivity contribution in [3.8, 4) is 0 Å². The molecule has 0 amide bonds. The first-order valence-corrected chi connectivity index (χ1v) is 14.3. The fourth-order valence-corrected chi connectivity index (χ4v) is 3.95. The number of esters is 1. The average molecular weight is 498 g/mol. The lowest BCUT2D eigenvalue weighted by molar-refractivity contribution is -0.889. The quantitative estimate of drug-likeness (QED) is 0.0666. The summed E-state index contributed by atoms with van der Waals surface area (Å²) in [6.07, 6.45) is 23.2. The summed E-state index contributed by atoms with van der Waals surface area (Å²) in [7, 11) is 3.91. The van der Waals surface area contributed by atoms with Gasteiger partial charge in [-0.15, -0.1) is 0 Å². The zero-order valence-corrected chi connectivity index (χ0v) is 23.5. The third-order valence-electron chi connectivity index (χ3n) is 6.59. The molecule has 0 aromatic rings. The van der Waals surface area contributed by atoms with Crippen molar-refractivity contribution >= 4 is 11.9 Å². The van der Waals surface area contributed by atoms with Crippen LogP contribution in [0.2, 0.25) is 0 Å². The summed E-state index contributed by atoms with van der Waals surface area (Å²) >= 11 is 0. The average Bonchev–Trinajstić information content (AvgIpc) is 2.81. The molecule has 0 aliphatic carbocycles. The van der Waals surface area contributed by atoms with Gasteiger partial charge in [0.1, 0.15) is 13.2 Å². The van der Waals surface area contributed by atoms with Gasteiger partial charge in [-0.25, -0.2) is 0 Å². The molecule has 1 atom stereocenters. The molecule has 0 fully saturated rings. The summed E-state index contributed by atoms with van der Waals surface area (Å²) in [4.78, 5) is 22.9. The summed E-state index contributed by atoms with van der Waals surface area (Å²) in [5.41, 5.74) is 0. The number of carboxylic acids is 1. The number of aliphatic carboxylic acids is 1. The second kappa shape index (κ2) is 23.0. The van der Waals surface area contributed by atoms with Crippen LogP contribution in [0.3, 0.4) is 0 Å². The number of ether oxygens (including phenoxy) is 1. The molecule has 0 aliphatic heterocycles. The Balaban J connectivity index is 3.48. The lowest BCUT2D eigenvalue weighted by Gasteiger charge is -2.29. The third kappa shape index (κ3) is 24.1. The van der Waals surface area contributed by atoms with Crippen molar-refractivity contribution in [3.63, 3.8) is 0 Å². The molecule has 0 spiro atoms. The Labute approximate surface area is 216 Å². The van der Waals surface area contributed by atoms with Gasteiger partial charge in [0.2, 0.25) is 0 Å². The third-order valence-corrected chi connectivity index (χ3v) is 6.59. The van der Waals surface area contributed by atoms with Crippen LogP contribution >= 0.6 is 0 Å². The summed E-state index contributed by atoms with van der Waals surface area (Å²) < 4.78 is 5.92. The molecule has 0 aromatic carbocycles. The zero-order chi connectivity index (χ0) is 26.2. The van der Waals surface area contributed by atoms with Crippen molar-refractivity contribution in [2.75, 3.05) is 46.9 Å². The number of nitrogens with one attached hydrogen (secondary N) is 1. The molecule has 0 rings (SSSR count). The second-order valence-electron chi connectivity index (χ2n) is 10.7. The molecule has 0 aromatic heterocycles. The van der Waals surface area contributed by atoms with E-state index in [9.17, 15) is 9.59 Å². The highest BCUT2D eigenvalue weighted by Gasteiger charge is 2.19. The smallest absolute Gasteiger partial charge is 0.310 e. The van der Waals surface area contributed by atoms with Crippen LogP contribution in [0.1, 0.15) is 110 Å². The molecule has 0 radical (unpaired) electrons. The Kier molecular flexibility index (Phi) is 22.1. The van der Waals surface area contributed by atoms with Gasteiger partial charge in [0, 0.05) is 6.54 Å². The van der Waals surface area contributed by atoms with E-state index in [-0.39, 0.29) is 18.3 Å². The number of unbranched alkanes of at least 4 members (excludes halogenated alkanes) is 12. The van der Waals surface area contributed by atoms with Crippen LogP contribution in [0.4, 0.5) is 0 Å². The number of carboxylic acid groups (broad SMARTS) is 1. The molecule has 0 bridgehead atoms. The Morgan fingerprint density at radius 1 is 0.857 bits per heavy atom. The predicted molar refractivity (Wildman–Crippen MR) is 147 cm³/mol. The fourth-order valence-electron chi connectivity index (χ4n) is 3.95. The monoisotopic (exact) mass is 497 g/mol. The van der Waals surface area contributed by atoms with Crippen LogP contribution < -0.4 is 5.32 Å². The van der Waals surface area contributed by atoms with E-state index in [4.69, 9.17) is 9.84 Å². The zero-order valence-electron chi connectivity index (χ0n) is 23.5. The Morgan fingerprint density at radius 3 is 1.97 bits per heavy atom. The van der Waals surface area contributed by atoms with Crippen molar-refractivity contribution in [2.45, 2.75) is 110 Å². The number of carbonyl (C=O) groups excluding carboxylic acids is 1. The Hall–Kier alpha value is -1.40. The lowest BCUT2D eigenvalue weighted by atomic mass is 10.1. The van der Waals surface area contributed by atoms with Crippen LogP contribution in [0.5, 0.6) is 0 Å². The molecule has 206 valence electrons. The summed E-state index contributed by atoms with van der Waals surface area (Å²) in [6.45, 7) is 7.21. The van der Waals surface area contributed by atoms with Gasteiger partial charge in [-0.2, -0.15) is 0 Å². The van der Waals surface area contributed by atoms with Crippen LogP contribution in [0.25, 0.3) is 0 Å². The van der Waals surface area contributed by atoms with Crippen molar-refractivity contribution < 1.29 is 23.9 Å². The van der Waals surface area contributed by atoms with Gasteiger partial charge in [0.25, 0.3) is 0 Å². The van der Waals surface area contributed by atoms with Crippen molar-refractivity contribution in [1.82, 2.24) is 5.32 Å². The number of quaternary nitrogens is 1. The van der Waals surface area contributed by atoms with Gasteiger partial charge in [0.05, 0.1) is 33.0 Å². The maximum absolute atomic E-state index is 12.1. The molecule has 0 saturated heterocycles. The van der Waals surface area contributed by atoms with Crippen molar-refractivity contribution in [3.05, 3.63) is 12.2 Å². The minimum atomic E-state index is -0.797. The molecule has 2 N–H and O–H groups in total. The van der Waals surface area contributed by atoms with E-state index in [0.717, 1.165) is 13.0 Å². The normalized spacial score (nSPS) is 12.8. The van der Waals surface area contributed by atoms with E-state index in [1.165, 1.54) is 83.5 Å². The minimum absolute atomic E-state index is 0.123. The second-order valence-corrected chi connectivity index (χ2v) is 10.7. The molecule has 6 nitrogen and oxygen atoms in total. The van der Waals surface area contributed by atoms with Gasteiger partial charge < -0.3 is 19.6 Å². The Morgan fingerprint density at radius 2 is 1.40 bits per heavy atom. The SMILES string of the molecule is CCCCCCCC/C=C\CCCCCCCCNCC(C)C(=O)OCC[N+](C)(C)CCC(=O)O. The molecule has 0 aliphatic rings. The van der Waals surface area contributed by atoms with Crippen LogP contribution in [-0.4, -0.2) is 68.4 Å². The van der Waals surface area contributed by atoms with E-state index in [1.807, 2.05) is 21.0 Å². The highest BCUT2D eigenvalue weighted by atomic mass is 16.5. The highest BCUT2D eigenvalue weighted by molar-refractivity contribution is 5.72. The van der Waals surface area contributed by atoms with Crippen LogP contribution in [0, 0.1) is 5.92 Å². The van der Waals surface area contributed by atoms with Gasteiger partial charge in [-0.05, 0) is 38.6 Å². The standard InChI is InChI=1S/C29H56N2O4/c1-5-6-7-8-9-10-11-12-13-14-15-16-17-18-19-20-22-30-26-27(2)29(34)35-25-24-31(3,4)23-21-28(32)33/h12-13,27,30H,5-11,14-26H2,1-4H3/p+1/b13-12-. The van der Waals surface area contributed by atoms with E-state index in [0.29, 0.717) is 30.7 Å². The summed E-state index contributed by atoms with van der Waals surface area (Å²) in [6, 6.07) is 0. The molecule has 35 heavy (non-hydrogen) atoms. The first-order valence-electron chi connectivity index (χ1n) is 14.3. The highest BCUT2D eigenvalue weighted by Crippen LogP contribution is 2.10. The van der Waals surface area contributed by atoms with E-state index < -0.39 is 5.97 Å². The number of nitrogens with zero attached hydrogens (tertiary/aromatic N) is 1. The van der Waals surface area contributed by atoms with Gasteiger partial charge in [0.15, 0.2) is 0 Å². The topological polar surface area (TPSA) is 75.6 Å². The van der Waals surface area contributed by atoms with E-state index in [1.54, 1.807) is 0 Å². The largest absolute Gasteiger partial charge is 0.481 e.